The highest BCUT2D eigenvalue weighted by atomic mass is 16.4. The lowest BCUT2D eigenvalue weighted by Gasteiger charge is -1.99. The summed E-state index contributed by atoms with van der Waals surface area (Å²) in [6, 6.07) is 4.16. The van der Waals surface area contributed by atoms with Crippen LogP contribution < -0.4 is 0 Å². The number of carbonyl (C=O) groups excluding carboxylic acids is 1. The minimum Gasteiger partial charge on any atom is -0.506 e. The van der Waals surface area contributed by atoms with Crippen molar-refractivity contribution in [2.75, 3.05) is 0 Å². The van der Waals surface area contributed by atoms with E-state index in [1.54, 1.807) is 0 Å². The smallest absolute Gasteiger partial charge is 0.354 e. The summed E-state index contributed by atoms with van der Waals surface area (Å²) in [6.45, 7) is 1.28. The fraction of sp³-hybridized carbons (Fsp3) is 0.100. The average molecular weight is 207 g/mol. The van der Waals surface area contributed by atoms with Gasteiger partial charge < -0.3 is 10.2 Å². The number of carboxylic acid groups (broad SMARTS) is 1. The number of rotatable bonds is 3. The number of pyridine rings is 1. The minimum atomic E-state index is -1.19. The lowest BCUT2D eigenvalue weighted by Crippen LogP contribution is -2.02. The van der Waals surface area contributed by atoms with Gasteiger partial charge in [-0.2, -0.15) is 0 Å². The number of aromatic carboxylic acids is 1. The third-order valence-corrected chi connectivity index (χ3v) is 1.57. The number of nitrogens with zero attached hydrogens (tertiary/aromatic N) is 1. The Morgan fingerprint density at radius 1 is 1.27 bits per heavy atom. The van der Waals surface area contributed by atoms with Gasteiger partial charge in [-0.05, 0) is 19.1 Å². The highest BCUT2D eigenvalue weighted by Gasteiger charge is 2.07. The van der Waals surface area contributed by atoms with E-state index in [4.69, 9.17) is 5.11 Å². The summed E-state index contributed by atoms with van der Waals surface area (Å²) in [4.78, 5) is 24.9. The maximum atomic E-state index is 10.7. The highest BCUT2D eigenvalue weighted by molar-refractivity contribution is 5.93. The predicted molar refractivity (Wildman–Crippen MR) is 52.5 cm³/mol. The van der Waals surface area contributed by atoms with Crippen LogP contribution in [0.4, 0.5) is 0 Å². The number of carboxylic acids is 1. The summed E-state index contributed by atoms with van der Waals surface area (Å²) in [6.07, 6.45) is 0.980. The van der Waals surface area contributed by atoms with Gasteiger partial charge in [0.1, 0.15) is 17.1 Å². The van der Waals surface area contributed by atoms with Crippen LogP contribution in [0.15, 0.2) is 24.3 Å². The molecule has 0 atom stereocenters. The van der Waals surface area contributed by atoms with Gasteiger partial charge in [0.25, 0.3) is 0 Å². The van der Waals surface area contributed by atoms with E-state index in [0.717, 1.165) is 6.08 Å². The summed E-state index contributed by atoms with van der Waals surface area (Å²) >= 11 is 0. The molecule has 0 fully saturated rings. The van der Waals surface area contributed by atoms with E-state index in [1.165, 1.54) is 25.1 Å². The van der Waals surface area contributed by atoms with Crippen molar-refractivity contribution in [3.05, 3.63) is 35.7 Å². The second-order valence-corrected chi connectivity index (χ2v) is 2.85. The van der Waals surface area contributed by atoms with Gasteiger partial charge in [-0.15, -0.1) is 0 Å². The maximum absolute atomic E-state index is 10.7. The Labute approximate surface area is 85.7 Å². The molecule has 15 heavy (non-hydrogen) atoms. The molecule has 1 heterocycles. The second kappa shape index (κ2) is 4.36. The molecule has 0 saturated carbocycles. The Bertz CT molecular complexity index is 437. The van der Waals surface area contributed by atoms with E-state index < -0.39 is 5.97 Å². The summed E-state index contributed by atoms with van der Waals surface area (Å²) < 4.78 is 0. The molecule has 0 unspecified atom stereocenters. The molecule has 0 aliphatic rings. The third-order valence-electron chi connectivity index (χ3n) is 1.57. The van der Waals surface area contributed by atoms with Crippen LogP contribution in [0.2, 0.25) is 0 Å². The fourth-order valence-electron chi connectivity index (χ4n) is 0.963. The number of aliphatic hydroxyl groups is 1. The van der Waals surface area contributed by atoms with E-state index in [-0.39, 0.29) is 22.9 Å². The first-order chi connectivity index (χ1) is 7.00. The van der Waals surface area contributed by atoms with Crippen molar-refractivity contribution >= 4 is 17.5 Å². The number of aliphatic hydroxyl groups excluding tert-OH is 1. The SMILES string of the molecule is CC(=O)/C=C(\O)c1cccc(C(=O)O)n1. The van der Waals surface area contributed by atoms with Gasteiger partial charge in [0.15, 0.2) is 5.78 Å². The number of ketones is 1. The van der Waals surface area contributed by atoms with Crippen molar-refractivity contribution in [1.29, 1.82) is 0 Å². The van der Waals surface area contributed by atoms with E-state index >= 15 is 0 Å². The van der Waals surface area contributed by atoms with Crippen LogP contribution in [0, 0.1) is 0 Å². The van der Waals surface area contributed by atoms with Crippen LogP contribution in [0.5, 0.6) is 0 Å². The molecule has 0 saturated heterocycles. The largest absolute Gasteiger partial charge is 0.506 e. The lowest BCUT2D eigenvalue weighted by atomic mass is 10.2. The zero-order chi connectivity index (χ0) is 11.4. The summed E-state index contributed by atoms with van der Waals surface area (Å²) in [5.41, 5.74) is -0.124. The molecule has 1 aromatic heterocycles. The molecule has 0 aromatic carbocycles. The highest BCUT2D eigenvalue weighted by Crippen LogP contribution is 2.09. The van der Waals surface area contributed by atoms with Gasteiger partial charge in [0.05, 0.1) is 0 Å². The van der Waals surface area contributed by atoms with Crippen molar-refractivity contribution in [2.45, 2.75) is 6.92 Å². The van der Waals surface area contributed by atoms with Crippen molar-refractivity contribution in [1.82, 2.24) is 4.98 Å². The van der Waals surface area contributed by atoms with Gasteiger partial charge in [-0.3, -0.25) is 4.79 Å². The molecule has 0 amide bonds. The number of carbonyl (C=O) groups is 2. The Morgan fingerprint density at radius 3 is 2.40 bits per heavy atom. The average Bonchev–Trinajstić information content (AvgIpc) is 2.17. The number of allylic oxidation sites excluding steroid dienone is 1. The molecule has 1 rings (SSSR count). The third kappa shape index (κ3) is 2.91. The van der Waals surface area contributed by atoms with E-state index in [2.05, 4.69) is 4.98 Å². The van der Waals surface area contributed by atoms with Crippen molar-refractivity contribution in [2.24, 2.45) is 0 Å². The van der Waals surface area contributed by atoms with Gasteiger partial charge in [-0.1, -0.05) is 6.07 Å². The Kier molecular flexibility index (Phi) is 3.17. The maximum Gasteiger partial charge on any atom is 0.354 e. The van der Waals surface area contributed by atoms with Crippen LogP contribution in [0.1, 0.15) is 23.1 Å². The molecule has 78 valence electrons. The van der Waals surface area contributed by atoms with Crippen molar-refractivity contribution in [3.63, 3.8) is 0 Å². The lowest BCUT2D eigenvalue weighted by molar-refractivity contribution is -0.112. The Balaban J connectivity index is 3.11. The minimum absolute atomic E-state index is 0.0603. The molecule has 0 radical (unpaired) electrons. The van der Waals surface area contributed by atoms with E-state index in [9.17, 15) is 14.7 Å². The molecule has 5 nitrogen and oxygen atoms in total. The van der Waals surface area contributed by atoms with Gasteiger partial charge in [0.2, 0.25) is 0 Å². The topological polar surface area (TPSA) is 87.5 Å². The van der Waals surface area contributed by atoms with Crippen molar-refractivity contribution in [3.8, 4) is 0 Å². The quantitative estimate of drug-likeness (QED) is 0.575. The standard InChI is InChI=1S/C10H9NO4/c1-6(12)5-9(13)7-3-2-4-8(11-7)10(14)15/h2-5,13H,1H3,(H,14,15)/b9-5-. The van der Waals surface area contributed by atoms with Crippen molar-refractivity contribution < 1.29 is 19.8 Å². The van der Waals surface area contributed by atoms with E-state index in [1.807, 2.05) is 0 Å². The van der Waals surface area contributed by atoms with Crippen LogP contribution in [0.3, 0.4) is 0 Å². The molecule has 0 bridgehead atoms. The Hall–Kier alpha value is -2.17. The summed E-state index contributed by atoms with van der Waals surface area (Å²) in [5.74, 6) is -1.87. The molecule has 2 N–H and O–H groups in total. The fourth-order valence-corrected chi connectivity index (χ4v) is 0.963. The van der Waals surface area contributed by atoms with Crippen LogP contribution >= 0.6 is 0 Å². The van der Waals surface area contributed by atoms with Gasteiger partial charge in [0, 0.05) is 6.08 Å². The number of aromatic nitrogens is 1. The van der Waals surface area contributed by atoms with Gasteiger partial charge >= 0.3 is 5.97 Å². The molecule has 0 spiro atoms. The molecule has 0 aliphatic heterocycles. The molecular weight excluding hydrogens is 198 g/mol. The predicted octanol–water partition coefficient (Wildman–Crippen LogP) is 1.27. The normalized spacial score (nSPS) is 11.1. The van der Waals surface area contributed by atoms with Crippen LogP contribution in [-0.4, -0.2) is 26.9 Å². The summed E-state index contributed by atoms with van der Waals surface area (Å²) in [5, 5.41) is 18.0. The zero-order valence-electron chi connectivity index (χ0n) is 7.97. The zero-order valence-corrected chi connectivity index (χ0v) is 7.97. The monoisotopic (exact) mass is 207 g/mol. The van der Waals surface area contributed by atoms with E-state index in [0.29, 0.717) is 0 Å². The number of hydrogen-bond donors (Lipinski definition) is 2. The summed E-state index contributed by atoms with van der Waals surface area (Å²) in [7, 11) is 0. The van der Waals surface area contributed by atoms with Crippen LogP contribution in [-0.2, 0) is 4.79 Å². The van der Waals surface area contributed by atoms with Gasteiger partial charge in [-0.25, -0.2) is 9.78 Å². The first-order valence-corrected chi connectivity index (χ1v) is 4.12. The first-order valence-electron chi connectivity index (χ1n) is 4.12. The second-order valence-electron chi connectivity index (χ2n) is 2.85. The number of hydrogen-bond acceptors (Lipinski definition) is 4. The van der Waals surface area contributed by atoms with Crippen LogP contribution in [0.25, 0.3) is 5.76 Å². The molecule has 1 aromatic rings. The Morgan fingerprint density at radius 2 is 1.87 bits per heavy atom. The molecule has 0 aliphatic carbocycles. The molecular formula is C10H9NO4. The molecule has 5 heteroatoms. The first kappa shape index (κ1) is 10.9.